The van der Waals surface area contributed by atoms with Crippen molar-refractivity contribution in [2.75, 3.05) is 26.7 Å². The lowest BCUT2D eigenvalue weighted by molar-refractivity contribution is -0.132. The molecule has 1 aliphatic heterocycles. The Kier molecular flexibility index (Phi) is 6.53. The molecule has 0 bridgehead atoms. The zero-order valence-corrected chi connectivity index (χ0v) is 15.8. The molecular weight excluding hydrogens is 358 g/mol. The van der Waals surface area contributed by atoms with E-state index >= 15 is 0 Å². The molecule has 0 aromatic carbocycles. The van der Waals surface area contributed by atoms with Crippen LogP contribution in [0.15, 0.2) is 47.4 Å². The third-order valence-corrected chi connectivity index (χ3v) is 5.01. The third-order valence-electron chi connectivity index (χ3n) is 5.01. The fourth-order valence-electron chi connectivity index (χ4n) is 3.88. The first-order valence-corrected chi connectivity index (χ1v) is 8.83. The number of carboxylic acids is 1. The standard InChI is InChI=1S/C18H17N5O2.C2H6O/c1-23-7-4-12-13(8-23)15(11-2-5-22-6-3-11)18(9-19,10-20)16(21)14(12)17(24)25;1-2-3/h2-6,13,15H,7-8,21H2,1H3,(H,24,25);3H,2H2,1H3/t13-,15+;/m1./s1. The van der Waals surface area contributed by atoms with Gasteiger partial charge >= 0.3 is 5.97 Å². The lowest BCUT2D eigenvalue weighted by atomic mass is 9.58. The molecule has 28 heavy (non-hydrogen) atoms. The van der Waals surface area contributed by atoms with Gasteiger partial charge in [0.2, 0.25) is 0 Å². The Morgan fingerprint density at radius 2 is 1.96 bits per heavy atom. The molecule has 0 radical (unpaired) electrons. The molecule has 4 N–H and O–H groups in total. The van der Waals surface area contributed by atoms with Crippen LogP contribution in [0.1, 0.15) is 18.4 Å². The third kappa shape index (κ3) is 3.48. The van der Waals surface area contributed by atoms with Crippen LogP contribution in [0.2, 0.25) is 0 Å². The summed E-state index contributed by atoms with van der Waals surface area (Å²) in [6, 6.07) is 7.55. The number of pyridine rings is 1. The molecule has 0 unspecified atom stereocenters. The van der Waals surface area contributed by atoms with E-state index in [2.05, 4.69) is 4.98 Å². The van der Waals surface area contributed by atoms with E-state index in [1.807, 2.05) is 30.2 Å². The Balaban J connectivity index is 0.000000878. The summed E-state index contributed by atoms with van der Waals surface area (Å²) in [5, 5.41) is 37.0. The number of rotatable bonds is 2. The first-order chi connectivity index (χ1) is 13.4. The summed E-state index contributed by atoms with van der Waals surface area (Å²) >= 11 is 0. The number of likely N-dealkylation sites (N-methyl/N-ethyl adjacent to an activating group) is 1. The molecule has 8 heteroatoms. The second kappa shape index (κ2) is 8.66. The molecule has 0 saturated heterocycles. The van der Waals surface area contributed by atoms with Crippen LogP contribution in [0.25, 0.3) is 0 Å². The van der Waals surface area contributed by atoms with Crippen LogP contribution in [0.4, 0.5) is 0 Å². The molecule has 1 aromatic rings. The van der Waals surface area contributed by atoms with Crippen molar-refractivity contribution in [3.63, 3.8) is 0 Å². The van der Waals surface area contributed by atoms with Gasteiger partial charge in [0.05, 0.1) is 23.4 Å². The number of nitriles is 2. The molecule has 2 aliphatic rings. The zero-order chi connectivity index (χ0) is 20.9. The van der Waals surface area contributed by atoms with Crippen molar-refractivity contribution < 1.29 is 15.0 Å². The Hall–Kier alpha value is -3.20. The van der Waals surface area contributed by atoms with Crippen LogP contribution in [-0.4, -0.2) is 52.8 Å². The smallest absolute Gasteiger partial charge is 0.337 e. The summed E-state index contributed by atoms with van der Waals surface area (Å²) < 4.78 is 0. The van der Waals surface area contributed by atoms with Gasteiger partial charge in [0.1, 0.15) is 0 Å². The van der Waals surface area contributed by atoms with Crippen molar-refractivity contribution in [3.8, 4) is 12.1 Å². The van der Waals surface area contributed by atoms with Crippen molar-refractivity contribution in [2.24, 2.45) is 17.1 Å². The van der Waals surface area contributed by atoms with Crippen LogP contribution in [0, 0.1) is 34.0 Å². The van der Waals surface area contributed by atoms with Crippen LogP contribution in [0.5, 0.6) is 0 Å². The number of aliphatic carboxylic acids is 1. The maximum absolute atomic E-state index is 11.8. The second-order valence-electron chi connectivity index (χ2n) is 6.69. The first kappa shape index (κ1) is 21.1. The van der Waals surface area contributed by atoms with Gasteiger partial charge in [-0.15, -0.1) is 0 Å². The van der Waals surface area contributed by atoms with Crippen molar-refractivity contribution in [1.29, 1.82) is 10.5 Å². The first-order valence-electron chi connectivity index (χ1n) is 8.83. The maximum atomic E-state index is 11.8. The lowest BCUT2D eigenvalue weighted by Crippen LogP contribution is -2.48. The van der Waals surface area contributed by atoms with Crippen molar-refractivity contribution >= 4 is 5.97 Å². The minimum absolute atomic E-state index is 0.105. The van der Waals surface area contributed by atoms with E-state index in [1.165, 1.54) is 0 Å². The van der Waals surface area contributed by atoms with Gasteiger partial charge in [-0.1, -0.05) is 6.08 Å². The highest BCUT2D eigenvalue weighted by molar-refractivity contribution is 5.94. The quantitative estimate of drug-likeness (QED) is 0.687. The SMILES string of the molecule is CCO.CN1CC=C2C(C(=O)O)=C(N)C(C#N)(C#N)[C@@H](c3ccncc3)[C@@H]2C1. The summed E-state index contributed by atoms with van der Waals surface area (Å²) in [5.74, 6) is -2.09. The topological polar surface area (TPSA) is 147 Å². The van der Waals surface area contributed by atoms with Crippen molar-refractivity contribution in [3.05, 3.63) is 53.0 Å². The highest BCUT2D eigenvalue weighted by Crippen LogP contribution is 2.54. The number of fused-ring (bicyclic) bond motifs is 1. The number of hydrogen-bond donors (Lipinski definition) is 3. The van der Waals surface area contributed by atoms with Gasteiger partial charge in [0, 0.05) is 43.9 Å². The van der Waals surface area contributed by atoms with E-state index < -0.39 is 17.3 Å². The molecule has 0 saturated carbocycles. The summed E-state index contributed by atoms with van der Waals surface area (Å²) in [7, 11) is 1.92. The minimum Gasteiger partial charge on any atom is -0.478 e. The van der Waals surface area contributed by atoms with Crippen LogP contribution in [0.3, 0.4) is 0 Å². The average Bonchev–Trinajstić information content (AvgIpc) is 2.68. The minimum atomic E-state index is -1.74. The summed E-state index contributed by atoms with van der Waals surface area (Å²) in [6.07, 6.45) is 5.02. The summed E-state index contributed by atoms with van der Waals surface area (Å²) in [5.41, 5.74) is 5.46. The lowest BCUT2D eigenvalue weighted by Gasteiger charge is -2.45. The number of aliphatic hydroxyl groups excluding tert-OH is 1. The number of nitrogens with zero attached hydrogens (tertiary/aromatic N) is 4. The predicted molar refractivity (Wildman–Crippen MR) is 101 cm³/mol. The van der Waals surface area contributed by atoms with Gasteiger partial charge in [0.25, 0.3) is 0 Å². The molecule has 0 fully saturated rings. The molecule has 1 aliphatic carbocycles. The Bertz CT molecular complexity index is 865. The van der Waals surface area contributed by atoms with Gasteiger partial charge in [-0.2, -0.15) is 10.5 Å². The molecule has 146 valence electrons. The predicted octanol–water partition coefficient (Wildman–Crippen LogP) is 0.996. The van der Waals surface area contributed by atoms with Gasteiger partial charge in [-0.05, 0) is 37.2 Å². The van der Waals surface area contributed by atoms with Crippen molar-refractivity contribution in [1.82, 2.24) is 9.88 Å². The molecule has 2 atom stereocenters. The van der Waals surface area contributed by atoms with Gasteiger partial charge in [0.15, 0.2) is 5.41 Å². The molecule has 0 spiro atoms. The zero-order valence-electron chi connectivity index (χ0n) is 15.8. The van der Waals surface area contributed by atoms with E-state index in [0.29, 0.717) is 18.7 Å². The maximum Gasteiger partial charge on any atom is 0.337 e. The van der Waals surface area contributed by atoms with Gasteiger partial charge in [-0.25, -0.2) is 4.79 Å². The van der Waals surface area contributed by atoms with Crippen LogP contribution >= 0.6 is 0 Å². The molecule has 8 nitrogen and oxygen atoms in total. The molecule has 2 heterocycles. The number of carboxylic acid groups (broad SMARTS) is 1. The number of allylic oxidation sites excluding steroid dienone is 1. The number of aromatic nitrogens is 1. The number of hydrogen-bond acceptors (Lipinski definition) is 7. The molecule has 3 rings (SSSR count). The van der Waals surface area contributed by atoms with E-state index in [-0.39, 0.29) is 23.8 Å². The van der Waals surface area contributed by atoms with Crippen molar-refractivity contribution in [2.45, 2.75) is 12.8 Å². The van der Waals surface area contributed by atoms with Gasteiger partial charge < -0.3 is 20.8 Å². The summed E-state index contributed by atoms with van der Waals surface area (Å²) in [4.78, 5) is 17.9. The highest BCUT2D eigenvalue weighted by atomic mass is 16.4. The molecule has 0 amide bonds. The van der Waals surface area contributed by atoms with E-state index in [4.69, 9.17) is 10.8 Å². The Morgan fingerprint density at radius 3 is 2.46 bits per heavy atom. The van der Waals surface area contributed by atoms with E-state index in [0.717, 1.165) is 5.56 Å². The molecule has 1 aromatic heterocycles. The van der Waals surface area contributed by atoms with Gasteiger partial charge in [-0.3, -0.25) is 4.98 Å². The van der Waals surface area contributed by atoms with Crippen LogP contribution < -0.4 is 5.73 Å². The largest absolute Gasteiger partial charge is 0.478 e. The van der Waals surface area contributed by atoms with Crippen LogP contribution in [-0.2, 0) is 4.79 Å². The number of carbonyl (C=O) groups is 1. The number of nitrogens with two attached hydrogens (primary N) is 1. The Labute approximate surface area is 163 Å². The fraction of sp³-hybridized carbons (Fsp3) is 0.400. The monoisotopic (exact) mass is 381 g/mol. The Morgan fingerprint density at radius 1 is 1.39 bits per heavy atom. The number of aliphatic hydroxyl groups is 1. The summed E-state index contributed by atoms with van der Waals surface area (Å²) in [6.45, 7) is 3.05. The van der Waals surface area contributed by atoms with E-state index in [1.54, 1.807) is 31.5 Å². The second-order valence-corrected chi connectivity index (χ2v) is 6.69. The molecular formula is C20H23N5O3. The van der Waals surface area contributed by atoms with E-state index in [9.17, 15) is 20.4 Å². The fourth-order valence-corrected chi connectivity index (χ4v) is 3.88. The highest BCUT2D eigenvalue weighted by Gasteiger charge is 2.55. The normalized spacial score (nSPS) is 23.2. The average molecular weight is 381 g/mol.